The molecule has 0 N–H and O–H groups in total. The van der Waals surface area contributed by atoms with Crippen molar-refractivity contribution in [2.45, 2.75) is 19.1 Å². The Morgan fingerprint density at radius 3 is 2.20 bits per heavy atom. The fourth-order valence-corrected chi connectivity index (χ4v) is 3.24. The average molecular weight is 404 g/mol. The summed E-state index contributed by atoms with van der Waals surface area (Å²) < 4.78 is 38.9. The van der Waals surface area contributed by atoms with Gasteiger partial charge in [-0.1, -0.05) is 42.5 Å². The number of nitrogens with zero attached hydrogens (tertiary/aromatic N) is 2. The molecule has 0 radical (unpaired) electrons. The molecule has 0 spiro atoms. The van der Waals surface area contributed by atoms with E-state index >= 15 is 0 Å². The predicted molar refractivity (Wildman–Crippen MR) is 109 cm³/mol. The van der Waals surface area contributed by atoms with Crippen molar-refractivity contribution in [1.82, 2.24) is 0 Å². The van der Waals surface area contributed by atoms with Crippen molar-refractivity contribution in [2.24, 2.45) is 4.99 Å². The molecule has 150 valence electrons. The van der Waals surface area contributed by atoms with Gasteiger partial charge in [0.1, 0.15) is 41.7 Å². The van der Waals surface area contributed by atoms with Crippen molar-refractivity contribution in [3.8, 4) is 22.9 Å². The van der Waals surface area contributed by atoms with Crippen LogP contribution in [0.15, 0.2) is 71.7 Å². The van der Waals surface area contributed by atoms with Gasteiger partial charge in [0.05, 0.1) is 0 Å². The minimum atomic E-state index is -0.693. The summed E-state index contributed by atoms with van der Waals surface area (Å²) in [4.78, 5) is 4.37. The van der Waals surface area contributed by atoms with Gasteiger partial charge in [-0.05, 0) is 47.9 Å². The van der Waals surface area contributed by atoms with Crippen LogP contribution in [0, 0.1) is 23.0 Å². The maximum atomic E-state index is 14.0. The molecule has 2 atom stereocenters. The van der Waals surface area contributed by atoms with Gasteiger partial charge < -0.3 is 9.47 Å². The van der Waals surface area contributed by atoms with Crippen LogP contribution in [0.25, 0.3) is 11.1 Å². The van der Waals surface area contributed by atoms with Gasteiger partial charge in [-0.25, -0.2) is 13.8 Å². The lowest BCUT2D eigenvalue weighted by Gasteiger charge is -2.10. The van der Waals surface area contributed by atoms with Crippen molar-refractivity contribution >= 4 is 5.90 Å². The van der Waals surface area contributed by atoms with Gasteiger partial charge in [-0.2, -0.15) is 5.26 Å². The highest BCUT2D eigenvalue weighted by atomic mass is 19.1. The van der Waals surface area contributed by atoms with Gasteiger partial charge in [0.15, 0.2) is 6.10 Å². The smallest absolute Gasteiger partial charge is 0.222 e. The van der Waals surface area contributed by atoms with Crippen molar-refractivity contribution in [2.75, 3.05) is 6.61 Å². The lowest BCUT2D eigenvalue weighted by atomic mass is 10.0. The summed E-state index contributed by atoms with van der Waals surface area (Å²) in [6, 6.07) is 20.6. The monoisotopic (exact) mass is 404 g/mol. The average Bonchev–Trinajstić information content (AvgIpc) is 3.24. The number of hydrogen-bond acceptors (Lipinski definition) is 4. The van der Waals surface area contributed by atoms with E-state index in [1.165, 1.54) is 18.2 Å². The standard InChI is InChI=1S/C24H18F2N2O2/c1-15(13-27)30-19-11-9-17(10-12-19)16-5-7-18(8-6-16)22-14-29-24(28-22)23-20(25)3-2-4-21(23)26/h2-12,15,22H,14H2,1H3. The third kappa shape index (κ3) is 4.01. The molecule has 4 nitrogen and oxygen atoms in total. The topological polar surface area (TPSA) is 54.6 Å². The Hall–Kier alpha value is -3.72. The summed E-state index contributed by atoms with van der Waals surface area (Å²) in [6.07, 6.45) is -0.507. The first-order valence-corrected chi connectivity index (χ1v) is 9.47. The van der Waals surface area contributed by atoms with Crippen LogP contribution in [0.1, 0.15) is 24.1 Å². The number of benzene rings is 3. The second-order valence-electron chi connectivity index (χ2n) is 6.89. The zero-order valence-electron chi connectivity index (χ0n) is 16.2. The Bertz CT molecular complexity index is 1100. The Labute approximate surface area is 173 Å². The summed E-state index contributed by atoms with van der Waals surface area (Å²) >= 11 is 0. The lowest BCUT2D eigenvalue weighted by Crippen LogP contribution is -2.07. The Balaban J connectivity index is 1.50. The van der Waals surface area contributed by atoms with Gasteiger partial charge in [0, 0.05) is 0 Å². The summed E-state index contributed by atoms with van der Waals surface area (Å²) in [6.45, 7) is 1.92. The highest BCUT2D eigenvalue weighted by molar-refractivity contribution is 5.95. The molecule has 0 saturated heterocycles. The maximum absolute atomic E-state index is 14.0. The minimum Gasteiger partial charge on any atom is -0.476 e. The van der Waals surface area contributed by atoms with Crippen molar-refractivity contribution < 1.29 is 18.3 Å². The number of hydrogen-bond donors (Lipinski definition) is 0. The van der Waals surface area contributed by atoms with Crippen molar-refractivity contribution in [3.05, 3.63) is 89.5 Å². The number of halogens is 2. The van der Waals surface area contributed by atoms with Gasteiger partial charge in [-0.3, -0.25) is 0 Å². The Morgan fingerprint density at radius 2 is 1.60 bits per heavy atom. The van der Waals surface area contributed by atoms with E-state index in [9.17, 15) is 8.78 Å². The molecule has 0 aromatic heterocycles. The minimum absolute atomic E-state index is 0.0122. The van der Waals surface area contributed by atoms with Gasteiger partial charge >= 0.3 is 0 Å². The highest BCUT2D eigenvalue weighted by Gasteiger charge is 2.26. The van der Waals surface area contributed by atoms with E-state index < -0.39 is 17.7 Å². The first-order chi connectivity index (χ1) is 14.5. The summed E-state index contributed by atoms with van der Waals surface area (Å²) in [7, 11) is 0. The molecule has 0 bridgehead atoms. The van der Waals surface area contributed by atoms with Gasteiger partial charge in [0.25, 0.3) is 0 Å². The second-order valence-corrected chi connectivity index (χ2v) is 6.89. The van der Waals surface area contributed by atoms with Crippen molar-refractivity contribution in [1.29, 1.82) is 5.26 Å². The van der Waals surface area contributed by atoms with E-state index in [1.54, 1.807) is 6.92 Å². The van der Waals surface area contributed by atoms with Crippen molar-refractivity contribution in [3.63, 3.8) is 0 Å². The fourth-order valence-electron chi connectivity index (χ4n) is 3.24. The van der Waals surface area contributed by atoms with Crippen LogP contribution < -0.4 is 4.74 Å². The summed E-state index contributed by atoms with van der Waals surface area (Å²) in [5, 5.41) is 8.82. The van der Waals surface area contributed by atoms with Gasteiger partial charge in [-0.15, -0.1) is 0 Å². The molecular formula is C24H18F2N2O2. The molecule has 1 heterocycles. The van der Waals surface area contributed by atoms with Crippen LogP contribution >= 0.6 is 0 Å². The second kappa shape index (κ2) is 8.34. The van der Waals surface area contributed by atoms with Crippen LogP contribution in [0.3, 0.4) is 0 Å². The molecule has 4 rings (SSSR count). The molecule has 0 aliphatic carbocycles. The molecular weight excluding hydrogens is 386 g/mol. The molecule has 3 aromatic carbocycles. The Kier molecular flexibility index (Phi) is 5.44. The molecule has 0 fully saturated rings. The third-order valence-corrected chi connectivity index (χ3v) is 4.81. The Morgan fingerprint density at radius 1 is 1.00 bits per heavy atom. The molecule has 30 heavy (non-hydrogen) atoms. The maximum Gasteiger partial charge on any atom is 0.222 e. The van der Waals surface area contributed by atoms with E-state index in [-0.39, 0.29) is 24.1 Å². The van der Waals surface area contributed by atoms with E-state index in [0.29, 0.717) is 5.75 Å². The quantitative estimate of drug-likeness (QED) is 0.569. The number of rotatable bonds is 5. The third-order valence-electron chi connectivity index (χ3n) is 4.81. The van der Waals surface area contributed by atoms with Crippen LogP contribution in [-0.2, 0) is 4.74 Å². The lowest BCUT2D eigenvalue weighted by molar-refractivity contribution is 0.276. The number of nitriles is 1. The van der Waals surface area contributed by atoms with Crippen LogP contribution in [0.5, 0.6) is 5.75 Å². The molecule has 2 unspecified atom stereocenters. The molecule has 3 aromatic rings. The predicted octanol–water partition coefficient (Wildman–Crippen LogP) is 5.44. The molecule has 0 amide bonds. The molecule has 1 aliphatic heterocycles. The molecule has 6 heteroatoms. The zero-order chi connectivity index (χ0) is 21.1. The van der Waals surface area contributed by atoms with Crippen LogP contribution in [-0.4, -0.2) is 18.6 Å². The summed E-state index contributed by atoms with van der Waals surface area (Å²) in [5.74, 6) is -0.765. The SMILES string of the molecule is CC(C#N)Oc1ccc(-c2ccc(C3COC(c4c(F)cccc4F)=N3)cc2)cc1. The zero-order valence-corrected chi connectivity index (χ0v) is 16.2. The fraction of sp³-hybridized carbons (Fsp3) is 0.167. The number of aliphatic imine (C=N–C) groups is 1. The van der Waals surface area contributed by atoms with E-state index in [2.05, 4.69) is 4.99 Å². The highest BCUT2D eigenvalue weighted by Crippen LogP contribution is 2.29. The van der Waals surface area contributed by atoms with E-state index in [1.807, 2.05) is 54.6 Å². The van der Waals surface area contributed by atoms with Crippen LogP contribution in [0.4, 0.5) is 8.78 Å². The van der Waals surface area contributed by atoms with E-state index in [0.717, 1.165) is 16.7 Å². The first-order valence-electron chi connectivity index (χ1n) is 9.47. The molecule has 1 aliphatic rings. The first kappa shape index (κ1) is 19.6. The largest absolute Gasteiger partial charge is 0.476 e. The normalized spacial score (nSPS) is 16.3. The number of ether oxygens (including phenoxy) is 2. The van der Waals surface area contributed by atoms with Crippen LogP contribution in [0.2, 0.25) is 0 Å². The van der Waals surface area contributed by atoms with Gasteiger partial charge in [0.2, 0.25) is 5.90 Å². The molecule has 0 saturated carbocycles. The summed E-state index contributed by atoms with van der Waals surface area (Å²) in [5.41, 5.74) is 2.67. The van der Waals surface area contributed by atoms with E-state index in [4.69, 9.17) is 14.7 Å².